The zero-order chi connectivity index (χ0) is 19.6. The molecule has 0 atom stereocenters. The van der Waals surface area contributed by atoms with Crippen molar-refractivity contribution in [2.24, 2.45) is 0 Å². The van der Waals surface area contributed by atoms with Gasteiger partial charge in [0.05, 0.1) is 12.8 Å². The van der Waals surface area contributed by atoms with E-state index in [4.69, 9.17) is 4.74 Å². The van der Waals surface area contributed by atoms with Gasteiger partial charge in [0.2, 0.25) is 6.79 Å². The number of ether oxygens (including phenoxy) is 3. The van der Waals surface area contributed by atoms with E-state index in [-0.39, 0.29) is 32.3 Å². The second-order valence-corrected chi connectivity index (χ2v) is 5.35. The van der Waals surface area contributed by atoms with Crippen molar-refractivity contribution in [3.05, 3.63) is 35.9 Å². The highest BCUT2D eigenvalue weighted by atomic mass is 16.9. The molecule has 2 amide bonds. The fraction of sp³-hybridized carbons (Fsp3) is 0.353. The predicted molar refractivity (Wildman–Crippen MR) is 85.1 cm³/mol. The highest BCUT2D eigenvalue weighted by molar-refractivity contribution is 6.01. The van der Waals surface area contributed by atoms with Gasteiger partial charge in [-0.15, -0.1) is 0 Å². The summed E-state index contributed by atoms with van der Waals surface area (Å²) < 4.78 is 14.0. The Bertz CT molecular complexity index is 700. The third-order valence-corrected chi connectivity index (χ3v) is 3.34. The van der Waals surface area contributed by atoms with E-state index in [0.717, 1.165) is 5.56 Å². The van der Waals surface area contributed by atoms with Crippen LogP contribution in [-0.4, -0.2) is 41.8 Å². The number of benzene rings is 1. The summed E-state index contributed by atoms with van der Waals surface area (Å²) in [5, 5.41) is 0.299. The maximum absolute atomic E-state index is 11.6. The maximum Gasteiger partial charge on any atom is 0.536 e. The summed E-state index contributed by atoms with van der Waals surface area (Å²) >= 11 is 0. The molecule has 1 fully saturated rings. The van der Waals surface area contributed by atoms with E-state index in [1.807, 2.05) is 6.07 Å². The molecule has 1 aliphatic rings. The van der Waals surface area contributed by atoms with Crippen LogP contribution >= 0.6 is 0 Å². The Morgan fingerprint density at radius 1 is 0.852 bits per heavy atom. The number of hydrogen-bond donors (Lipinski definition) is 0. The number of rotatable bonds is 8. The van der Waals surface area contributed by atoms with Gasteiger partial charge in [0, 0.05) is 12.8 Å². The summed E-state index contributed by atoms with van der Waals surface area (Å²) in [4.78, 5) is 61.2. The minimum absolute atomic E-state index is 0.0541. The lowest BCUT2D eigenvalue weighted by atomic mass is 10.2. The predicted octanol–water partition coefficient (Wildman–Crippen LogP) is 1.23. The standard InChI is InChI=1S/C17H17NO9/c19-13-6-7-14(20)18(13)27-17(23)26-11-25-16(22)9-8-15(21)24-10-12-4-2-1-3-5-12/h1-5H,6-11H2. The number of hydrogen-bond acceptors (Lipinski definition) is 9. The molecular formula is C17H17NO9. The van der Waals surface area contributed by atoms with Crippen LogP contribution in [0.5, 0.6) is 0 Å². The lowest BCUT2D eigenvalue weighted by molar-refractivity contribution is -0.182. The zero-order valence-corrected chi connectivity index (χ0v) is 14.3. The molecule has 144 valence electrons. The van der Waals surface area contributed by atoms with Gasteiger partial charge in [-0.2, -0.15) is 0 Å². The number of carbonyl (C=O) groups excluding carboxylic acids is 5. The maximum atomic E-state index is 11.6. The minimum atomic E-state index is -1.37. The van der Waals surface area contributed by atoms with E-state index in [0.29, 0.717) is 5.06 Å². The molecule has 0 saturated carbocycles. The van der Waals surface area contributed by atoms with Gasteiger partial charge in [-0.25, -0.2) is 4.79 Å². The Morgan fingerprint density at radius 3 is 2.07 bits per heavy atom. The largest absolute Gasteiger partial charge is 0.536 e. The van der Waals surface area contributed by atoms with Gasteiger partial charge < -0.3 is 14.2 Å². The fourth-order valence-corrected chi connectivity index (χ4v) is 1.99. The molecule has 0 unspecified atom stereocenters. The van der Waals surface area contributed by atoms with Crippen LogP contribution in [0.15, 0.2) is 30.3 Å². The van der Waals surface area contributed by atoms with E-state index in [1.165, 1.54) is 0 Å². The normalized spacial score (nSPS) is 13.3. The summed E-state index contributed by atoms with van der Waals surface area (Å²) in [6.45, 7) is -0.690. The average molecular weight is 379 g/mol. The number of imide groups is 1. The first kappa shape index (κ1) is 19.9. The molecule has 1 heterocycles. The zero-order valence-electron chi connectivity index (χ0n) is 14.3. The lowest BCUT2D eigenvalue weighted by Gasteiger charge is -2.12. The summed E-state index contributed by atoms with van der Waals surface area (Å²) in [5.41, 5.74) is 0.815. The van der Waals surface area contributed by atoms with Gasteiger partial charge >= 0.3 is 18.1 Å². The van der Waals surface area contributed by atoms with Gasteiger partial charge in [-0.05, 0) is 5.56 Å². The molecule has 27 heavy (non-hydrogen) atoms. The van der Waals surface area contributed by atoms with Crippen LogP contribution in [-0.2, 0) is 44.8 Å². The smallest absolute Gasteiger partial charge is 0.461 e. The summed E-state index contributed by atoms with van der Waals surface area (Å²) in [7, 11) is 0. The highest BCUT2D eigenvalue weighted by Crippen LogP contribution is 2.12. The molecule has 0 spiro atoms. The molecule has 0 radical (unpaired) electrons. The van der Waals surface area contributed by atoms with Crippen molar-refractivity contribution < 1.29 is 43.0 Å². The molecule has 2 rings (SSSR count). The summed E-state index contributed by atoms with van der Waals surface area (Å²) in [5.74, 6) is -2.71. The lowest BCUT2D eigenvalue weighted by Crippen LogP contribution is -2.32. The van der Waals surface area contributed by atoms with Gasteiger partial charge in [0.25, 0.3) is 11.8 Å². The molecule has 0 bridgehead atoms. The van der Waals surface area contributed by atoms with E-state index in [2.05, 4.69) is 14.3 Å². The van der Waals surface area contributed by atoms with E-state index < -0.39 is 36.7 Å². The molecular weight excluding hydrogens is 362 g/mol. The monoisotopic (exact) mass is 379 g/mol. The van der Waals surface area contributed by atoms with Gasteiger partial charge in [-0.3, -0.25) is 24.0 Å². The minimum Gasteiger partial charge on any atom is -0.461 e. The highest BCUT2D eigenvalue weighted by Gasteiger charge is 2.33. The Balaban J connectivity index is 1.56. The SMILES string of the molecule is O=C(CCC(=O)OCc1ccccc1)OCOC(=O)ON1C(=O)CCC1=O. The van der Waals surface area contributed by atoms with E-state index >= 15 is 0 Å². The van der Waals surface area contributed by atoms with Crippen molar-refractivity contribution >= 4 is 29.9 Å². The topological polar surface area (TPSA) is 126 Å². The molecule has 0 aliphatic carbocycles. The molecule has 0 N–H and O–H groups in total. The van der Waals surface area contributed by atoms with Crippen LogP contribution in [0.25, 0.3) is 0 Å². The Hall–Kier alpha value is -3.43. The molecule has 10 heteroatoms. The third kappa shape index (κ3) is 6.77. The van der Waals surface area contributed by atoms with Crippen LogP contribution in [0, 0.1) is 0 Å². The first-order valence-corrected chi connectivity index (χ1v) is 8.01. The van der Waals surface area contributed by atoms with Crippen molar-refractivity contribution in [1.29, 1.82) is 0 Å². The second-order valence-electron chi connectivity index (χ2n) is 5.35. The Morgan fingerprint density at radius 2 is 1.44 bits per heavy atom. The summed E-state index contributed by atoms with van der Waals surface area (Å²) in [6.07, 6.45) is -1.95. The number of carbonyl (C=O) groups is 5. The molecule has 1 aromatic carbocycles. The van der Waals surface area contributed by atoms with Gasteiger partial charge in [-0.1, -0.05) is 35.4 Å². The summed E-state index contributed by atoms with van der Waals surface area (Å²) in [6, 6.07) is 9.03. The molecule has 10 nitrogen and oxygen atoms in total. The Labute approximate surface area is 153 Å². The van der Waals surface area contributed by atoms with Crippen molar-refractivity contribution in [2.75, 3.05) is 6.79 Å². The van der Waals surface area contributed by atoms with Crippen molar-refractivity contribution in [3.8, 4) is 0 Å². The first-order valence-electron chi connectivity index (χ1n) is 8.01. The van der Waals surface area contributed by atoms with Crippen LogP contribution in [0.4, 0.5) is 4.79 Å². The number of amides is 2. The molecule has 0 aromatic heterocycles. The van der Waals surface area contributed by atoms with Crippen LogP contribution in [0.1, 0.15) is 31.2 Å². The average Bonchev–Trinajstić information content (AvgIpc) is 2.97. The fourth-order valence-electron chi connectivity index (χ4n) is 1.99. The molecule has 1 aromatic rings. The molecule has 1 saturated heterocycles. The number of hydroxylamine groups is 2. The van der Waals surface area contributed by atoms with Gasteiger partial charge in [0.1, 0.15) is 6.61 Å². The van der Waals surface area contributed by atoms with Gasteiger partial charge in [0.15, 0.2) is 0 Å². The number of esters is 2. The van der Waals surface area contributed by atoms with E-state index in [9.17, 15) is 24.0 Å². The van der Waals surface area contributed by atoms with Crippen LogP contribution in [0.2, 0.25) is 0 Å². The van der Waals surface area contributed by atoms with E-state index in [1.54, 1.807) is 24.3 Å². The van der Waals surface area contributed by atoms with Crippen molar-refractivity contribution in [3.63, 3.8) is 0 Å². The second kappa shape index (κ2) is 9.90. The molecule has 1 aliphatic heterocycles. The van der Waals surface area contributed by atoms with Crippen LogP contribution in [0.3, 0.4) is 0 Å². The van der Waals surface area contributed by atoms with Crippen LogP contribution < -0.4 is 0 Å². The van der Waals surface area contributed by atoms with Crippen molar-refractivity contribution in [2.45, 2.75) is 32.3 Å². The van der Waals surface area contributed by atoms with Crippen molar-refractivity contribution in [1.82, 2.24) is 5.06 Å². The third-order valence-electron chi connectivity index (χ3n) is 3.34. The first-order chi connectivity index (χ1) is 13.0. The number of nitrogens with zero attached hydrogens (tertiary/aromatic N) is 1. The quantitative estimate of drug-likeness (QED) is 0.372. The Kier molecular flexibility index (Phi) is 7.29.